The SMILES string of the molecule is CC(Cn1ccnc1)Nc1ccc(C(N)=S)cc1Br. The van der Waals surface area contributed by atoms with Gasteiger partial charge < -0.3 is 15.6 Å². The average molecular weight is 339 g/mol. The number of rotatable bonds is 5. The molecule has 2 rings (SSSR count). The Hall–Kier alpha value is -1.40. The van der Waals surface area contributed by atoms with Crippen molar-refractivity contribution in [3.63, 3.8) is 0 Å². The van der Waals surface area contributed by atoms with E-state index in [2.05, 4.69) is 33.2 Å². The van der Waals surface area contributed by atoms with Crippen LogP contribution in [0.4, 0.5) is 5.69 Å². The number of anilines is 1. The zero-order chi connectivity index (χ0) is 13.8. The van der Waals surface area contributed by atoms with E-state index in [9.17, 15) is 0 Å². The van der Waals surface area contributed by atoms with Gasteiger partial charge in [-0.3, -0.25) is 0 Å². The van der Waals surface area contributed by atoms with Gasteiger partial charge in [-0.05, 0) is 41.1 Å². The highest BCUT2D eigenvalue weighted by molar-refractivity contribution is 9.10. The molecule has 0 aliphatic rings. The lowest BCUT2D eigenvalue weighted by molar-refractivity contribution is 0.618. The molecule has 1 heterocycles. The van der Waals surface area contributed by atoms with E-state index in [4.69, 9.17) is 18.0 Å². The molecule has 1 atom stereocenters. The summed E-state index contributed by atoms with van der Waals surface area (Å²) in [4.78, 5) is 4.43. The second kappa shape index (κ2) is 6.16. The van der Waals surface area contributed by atoms with Crippen LogP contribution in [0.3, 0.4) is 0 Å². The maximum absolute atomic E-state index is 5.60. The van der Waals surface area contributed by atoms with Gasteiger partial charge in [0.2, 0.25) is 0 Å². The summed E-state index contributed by atoms with van der Waals surface area (Å²) >= 11 is 8.48. The molecule has 0 aliphatic heterocycles. The van der Waals surface area contributed by atoms with Crippen molar-refractivity contribution >= 4 is 38.8 Å². The first-order valence-electron chi connectivity index (χ1n) is 5.88. The molecule has 4 nitrogen and oxygen atoms in total. The summed E-state index contributed by atoms with van der Waals surface area (Å²) in [5.74, 6) is 0. The molecule has 19 heavy (non-hydrogen) atoms. The maximum Gasteiger partial charge on any atom is 0.104 e. The highest BCUT2D eigenvalue weighted by Crippen LogP contribution is 2.24. The van der Waals surface area contributed by atoms with E-state index in [1.165, 1.54) is 0 Å². The monoisotopic (exact) mass is 338 g/mol. The van der Waals surface area contributed by atoms with E-state index >= 15 is 0 Å². The number of benzene rings is 1. The largest absolute Gasteiger partial charge is 0.389 e. The number of nitrogens with zero attached hydrogens (tertiary/aromatic N) is 2. The van der Waals surface area contributed by atoms with Gasteiger partial charge in [0, 0.05) is 40.7 Å². The van der Waals surface area contributed by atoms with E-state index in [0.717, 1.165) is 22.3 Å². The Morgan fingerprint density at radius 2 is 2.37 bits per heavy atom. The first kappa shape index (κ1) is 14.0. The van der Waals surface area contributed by atoms with E-state index in [0.29, 0.717) is 4.99 Å². The fraction of sp³-hybridized carbons (Fsp3) is 0.231. The van der Waals surface area contributed by atoms with Gasteiger partial charge in [0.05, 0.1) is 6.33 Å². The lowest BCUT2D eigenvalue weighted by Gasteiger charge is -2.17. The van der Waals surface area contributed by atoms with E-state index in [1.54, 1.807) is 6.20 Å². The molecule has 1 aromatic carbocycles. The lowest BCUT2D eigenvalue weighted by atomic mass is 10.2. The van der Waals surface area contributed by atoms with E-state index in [1.807, 2.05) is 35.3 Å². The number of imidazole rings is 1. The Labute approximate surface area is 126 Å². The van der Waals surface area contributed by atoms with Gasteiger partial charge in [0.15, 0.2) is 0 Å². The molecule has 0 saturated heterocycles. The molecule has 0 spiro atoms. The predicted molar refractivity (Wildman–Crippen MR) is 85.3 cm³/mol. The number of thiocarbonyl (C=S) groups is 1. The average Bonchev–Trinajstić information content (AvgIpc) is 2.84. The van der Waals surface area contributed by atoms with Crippen LogP contribution in [-0.4, -0.2) is 20.6 Å². The molecule has 0 fully saturated rings. The van der Waals surface area contributed by atoms with Crippen molar-refractivity contribution in [3.05, 3.63) is 47.0 Å². The Morgan fingerprint density at radius 1 is 1.58 bits per heavy atom. The van der Waals surface area contributed by atoms with Crippen molar-refractivity contribution in [3.8, 4) is 0 Å². The maximum atomic E-state index is 5.60. The first-order valence-corrected chi connectivity index (χ1v) is 7.08. The van der Waals surface area contributed by atoms with Crippen molar-refractivity contribution in [2.75, 3.05) is 5.32 Å². The molecule has 2 aromatic rings. The van der Waals surface area contributed by atoms with Gasteiger partial charge in [-0.25, -0.2) is 4.98 Å². The number of hydrogen-bond donors (Lipinski definition) is 2. The third kappa shape index (κ3) is 3.78. The van der Waals surface area contributed by atoms with Crippen molar-refractivity contribution in [2.24, 2.45) is 5.73 Å². The molecule has 0 radical (unpaired) electrons. The van der Waals surface area contributed by atoms with Crippen LogP contribution in [0.1, 0.15) is 12.5 Å². The van der Waals surface area contributed by atoms with E-state index in [-0.39, 0.29) is 6.04 Å². The van der Waals surface area contributed by atoms with Crippen molar-refractivity contribution in [1.82, 2.24) is 9.55 Å². The third-order valence-electron chi connectivity index (χ3n) is 2.70. The Bertz CT molecular complexity index is 568. The summed E-state index contributed by atoms with van der Waals surface area (Å²) in [7, 11) is 0. The second-order valence-electron chi connectivity index (χ2n) is 4.36. The molecule has 3 N–H and O–H groups in total. The number of nitrogens with two attached hydrogens (primary N) is 1. The predicted octanol–water partition coefficient (Wildman–Crippen LogP) is 2.78. The molecular weight excluding hydrogens is 324 g/mol. The fourth-order valence-corrected chi connectivity index (χ4v) is 2.43. The zero-order valence-corrected chi connectivity index (χ0v) is 12.9. The number of hydrogen-bond acceptors (Lipinski definition) is 3. The minimum Gasteiger partial charge on any atom is -0.389 e. The Morgan fingerprint density at radius 3 is 2.95 bits per heavy atom. The quantitative estimate of drug-likeness (QED) is 0.823. The van der Waals surface area contributed by atoms with Gasteiger partial charge in [-0.1, -0.05) is 12.2 Å². The van der Waals surface area contributed by atoms with Gasteiger partial charge >= 0.3 is 0 Å². The summed E-state index contributed by atoms with van der Waals surface area (Å²) in [5, 5.41) is 3.43. The number of nitrogens with one attached hydrogen (secondary N) is 1. The molecule has 1 unspecified atom stereocenters. The van der Waals surface area contributed by atoms with Crippen LogP contribution in [-0.2, 0) is 6.54 Å². The van der Waals surface area contributed by atoms with Crippen LogP contribution in [0.2, 0.25) is 0 Å². The molecular formula is C13H15BrN4S. The summed E-state index contributed by atoms with van der Waals surface area (Å²) in [6.07, 6.45) is 5.53. The van der Waals surface area contributed by atoms with Gasteiger partial charge in [0.1, 0.15) is 4.99 Å². The van der Waals surface area contributed by atoms with E-state index < -0.39 is 0 Å². The highest BCUT2D eigenvalue weighted by atomic mass is 79.9. The van der Waals surface area contributed by atoms with Crippen LogP contribution in [0.15, 0.2) is 41.4 Å². The molecule has 6 heteroatoms. The van der Waals surface area contributed by atoms with Crippen molar-refractivity contribution in [2.45, 2.75) is 19.5 Å². The van der Waals surface area contributed by atoms with Crippen LogP contribution in [0.25, 0.3) is 0 Å². The normalized spacial score (nSPS) is 12.1. The lowest BCUT2D eigenvalue weighted by Crippen LogP contribution is -2.21. The number of aromatic nitrogens is 2. The smallest absolute Gasteiger partial charge is 0.104 e. The van der Waals surface area contributed by atoms with Crippen molar-refractivity contribution in [1.29, 1.82) is 0 Å². The third-order valence-corrected chi connectivity index (χ3v) is 3.59. The molecule has 0 aliphatic carbocycles. The summed E-state index contributed by atoms with van der Waals surface area (Å²) < 4.78 is 2.99. The van der Waals surface area contributed by atoms with Gasteiger partial charge in [-0.15, -0.1) is 0 Å². The molecule has 0 bridgehead atoms. The van der Waals surface area contributed by atoms with Crippen LogP contribution in [0.5, 0.6) is 0 Å². The number of halogens is 1. The second-order valence-corrected chi connectivity index (χ2v) is 5.66. The fourth-order valence-electron chi connectivity index (χ4n) is 1.81. The minimum absolute atomic E-state index is 0.279. The summed E-state index contributed by atoms with van der Waals surface area (Å²) in [6, 6.07) is 6.10. The zero-order valence-electron chi connectivity index (χ0n) is 10.5. The van der Waals surface area contributed by atoms with Crippen LogP contribution in [0, 0.1) is 0 Å². The topological polar surface area (TPSA) is 55.9 Å². The minimum atomic E-state index is 0.279. The Balaban J connectivity index is 2.04. The first-order chi connectivity index (χ1) is 9.06. The standard InChI is InChI=1S/C13H15BrN4S/c1-9(7-18-5-4-16-8-18)17-12-3-2-10(13(15)19)6-11(12)14/h2-6,8-9,17H,7H2,1H3,(H2,15,19). The highest BCUT2D eigenvalue weighted by Gasteiger charge is 2.07. The Kier molecular flexibility index (Phi) is 4.55. The molecule has 0 amide bonds. The molecule has 1 aromatic heterocycles. The molecule has 100 valence electrons. The summed E-state index contributed by atoms with van der Waals surface area (Å²) in [5.41, 5.74) is 7.48. The van der Waals surface area contributed by atoms with Gasteiger partial charge in [-0.2, -0.15) is 0 Å². The van der Waals surface area contributed by atoms with Crippen molar-refractivity contribution < 1.29 is 0 Å². The van der Waals surface area contributed by atoms with Gasteiger partial charge in [0.25, 0.3) is 0 Å². The van der Waals surface area contributed by atoms with Crippen LogP contribution >= 0.6 is 28.1 Å². The van der Waals surface area contributed by atoms with Crippen LogP contribution < -0.4 is 11.1 Å². The summed E-state index contributed by atoms with van der Waals surface area (Å²) in [6.45, 7) is 2.97. The molecule has 0 saturated carbocycles.